The molecule has 0 N–H and O–H groups in total. The average Bonchev–Trinajstić information content (AvgIpc) is 2.67. The summed E-state index contributed by atoms with van der Waals surface area (Å²) in [5.74, 6) is -0.187. The Bertz CT molecular complexity index is 1100. The first-order valence-electron chi connectivity index (χ1n) is 7.94. The first kappa shape index (κ1) is 19.4. The monoisotopic (exact) mass is 419 g/mol. The third-order valence-electron chi connectivity index (χ3n) is 4.04. The molecule has 0 unspecified atom stereocenters. The molecule has 0 amide bonds. The average molecular weight is 420 g/mol. The van der Waals surface area contributed by atoms with Crippen LogP contribution in [0.4, 0.5) is 5.69 Å². The zero-order valence-corrected chi connectivity index (χ0v) is 16.6. The van der Waals surface area contributed by atoms with Crippen LogP contribution in [0.15, 0.2) is 77.7 Å². The van der Waals surface area contributed by atoms with Crippen molar-refractivity contribution in [2.24, 2.45) is 0 Å². The van der Waals surface area contributed by atoms with Gasteiger partial charge in [-0.15, -0.1) is 0 Å². The number of sulfonamides is 1. The van der Waals surface area contributed by atoms with Gasteiger partial charge in [0.1, 0.15) is 4.90 Å². The van der Waals surface area contributed by atoms with E-state index in [-0.39, 0.29) is 15.7 Å². The highest BCUT2D eigenvalue weighted by Gasteiger charge is 2.25. The number of halogens is 2. The van der Waals surface area contributed by atoms with Crippen LogP contribution in [0.3, 0.4) is 0 Å². The lowest BCUT2D eigenvalue weighted by Gasteiger charge is -2.21. The molecule has 0 bridgehead atoms. The Labute approximate surface area is 168 Å². The number of benzene rings is 3. The Morgan fingerprint density at radius 2 is 1.52 bits per heavy atom. The molecule has 0 aromatic heterocycles. The van der Waals surface area contributed by atoms with Crippen molar-refractivity contribution in [1.29, 1.82) is 0 Å². The summed E-state index contributed by atoms with van der Waals surface area (Å²) in [7, 11) is -2.51. The SMILES string of the molecule is CN(c1cccc(C(=O)c2ccccc2)c1)S(=O)(=O)c1ccc(Cl)cc1Cl. The number of hydrogen-bond donors (Lipinski definition) is 0. The van der Waals surface area contributed by atoms with E-state index in [9.17, 15) is 13.2 Å². The lowest BCUT2D eigenvalue weighted by atomic mass is 10.0. The van der Waals surface area contributed by atoms with Crippen molar-refractivity contribution in [3.05, 3.63) is 94.0 Å². The molecule has 0 heterocycles. The number of anilines is 1. The minimum atomic E-state index is -3.92. The molecule has 0 saturated heterocycles. The smallest absolute Gasteiger partial charge is 0.265 e. The highest BCUT2D eigenvalue weighted by atomic mass is 35.5. The Kier molecular flexibility index (Phi) is 5.56. The van der Waals surface area contributed by atoms with Gasteiger partial charge in [0.25, 0.3) is 10.0 Å². The van der Waals surface area contributed by atoms with Gasteiger partial charge < -0.3 is 0 Å². The molecule has 3 aromatic rings. The minimum Gasteiger partial charge on any atom is -0.289 e. The van der Waals surface area contributed by atoms with Gasteiger partial charge in [0.2, 0.25) is 0 Å². The van der Waals surface area contributed by atoms with E-state index in [1.54, 1.807) is 42.5 Å². The molecule has 0 aliphatic rings. The fourth-order valence-electron chi connectivity index (χ4n) is 2.57. The maximum atomic E-state index is 12.9. The summed E-state index contributed by atoms with van der Waals surface area (Å²) in [5, 5.41) is 0.378. The molecule has 3 aromatic carbocycles. The fraction of sp³-hybridized carbons (Fsp3) is 0.0500. The molecule has 0 aliphatic heterocycles. The van der Waals surface area contributed by atoms with Crippen molar-refractivity contribution in [1.82, 2.24) is 0 Å². The first-order chi connectivity index (χ1) is 12.8. The quantitative estimate of drug-likeness (QED) is 0.543. The topological polar surface area (TPSA) is 54.5 Å². The van der Waals surface area contributed by atoms with Gasteiger partial charge in [-0.2, -0.15) is 0 Å². The number of nitrogens with zero attached hydrogens (tertiary/aromatic N) is 1. The van der Waals surface area contributed by atoms with Crippen LogP contribution in [-0.2, 0) is 10.0 Å². The normalized spacial score (nSPS) is 11.2. The van der Waals surface area contributed by atoms with Crippen molar-refractivity contribution in [2.45, 2.75) is 4.90 Å². The molecule has 0 fully saturated rings. The van der Waals surface area contributed by atoms with Crippen LogP contribution >= 0.6 is 23.2 Å². The second kappa shape index (κ2) is 7.72. The van der Waals surface area contributed by atoms with Gasteiger partial charge in [0.15, 0.2) is 5.78 Å². The van der Waals surface area contributed by atoms with Crippen molar-refractivity contribution < 1.29 is 13.2 Å². The molecule has 4 nitrogen and oxygen atoms in total. The fourth-order valence-corrected chi connectivity index (χ4v) is 4.50. The summed E-state index contributed by atoms with van der Waals surface area (Å²) in [6.45, 7) is 0. The number of ketones is 1. The largest absolute Gasteiger partial charge is 0.289 e. The van der Waals surface area contributed by atoms with Crippen LogP contribution in [0.1, 0.15) is 15.9 Å². The van der Waals surface area contributed by atoms with Crippen molar-refractivity contribution in [2.75, 3.05) is 11.4 Å². The highest BCUT2D eigenvalue weighted by molar-refractivity contribution is 7.93. The lowest BCUT2D eigenvalue weighted by Crippen LogP contribution is -2.27. The second-order valence-corrected chi connectivity index (χ2v) is 8.57. The van der Waals surface area contributed by atoms with E-state index >= 15 is 0 Å². The van der Waals surface area contributed by atoms with E-state index in [4.69, 9.17) is 23.2 Å². The molecule has 0 saturated carbocycles. The van der Waals surface area contributed by atoms with Crippen LogP contribution in [0, 0.1) is 0 Å². The van der Waals surface area contributed by atoms with E-state index in [1.807, 2.05) is 6.07 Å². The predicted molar refractivity (Wildman–Crippen MR) is 108 cm³/mol. The lowest BCUT2D eigenvalue weighted by molar-refractivity contribution is 0.103. The van der Waals surface area contributed by atoms with Crippen LogP contribution in [0.25, 0.3) is 0 Å². The Morgan fingerprint density at radius 1 is 0.852 bits per heavy atom. The molecule has 0 spiro atoms. The van der Waals surface area contributed by atoms with Crippen LogP contribution in [0.5, 0.6) is 0 Å². The summed E-state index contributed by atoms with van der Waals surface area (Å²) < 4.78 is 26.9. The molecular formula is C20H15Cl2NO3S. The van der Waals surface area contributed by atoms with Gasteiger partial charge in [0.05, 0.1) is 10.7 Å². The molecular weight excluding hydrogens is 405 g/mol. The number of carbonyl (C=O) groups is 1. The number of hydrogen-bond acceptors (Lipinski definition) is 3. The Balaban J connectivity index is 1.98. The van der Waals surface area contributed by atoms with Crippen molar-refractivity contribution in [3.63, 3.8) is 0 Å². The standard InChI is InChI=1S/C20H15Cl2NO3S/c1-23(27(25,26)19-11-10-16(21)13-18(19)22)17-9-5-8-15(12-17)20(24)14-6-3-2-4-7-14/h2-13H,1H3. The van der Waals surface area contributed by atoms with Gasteiger partial charge in [-0.3, -0.25) is 9.10 Å². The van der Waals surface area contributed by atoms with Crippen LogP contribution < -0.4 is 4.31 Å². The van der Waals surface area contributed by atoms with E-state index in [2.05, 4.69) is 0 Å². The molecule has 3 rings (SSSR count). The maximum absolute atomic E-state index is 12.9. The first-order valence-corrected chi connectivity index (χ1v) is 10.1. The molecule has 27 heavy (non-hydrogen) atoms. The maximum Gasteiger partial charge on any atom is 0.265 e. The van der Waals surface area contributed by atoms with E-state index in [0.717, 1.165) is 4.31 Å². The van der Waals surface area contributed by atoms with Gasteiger partial charge in [-0.05, 0) is 30.3 Å². The third-order valence-corrected chi connectivity index (χ3v) is 6.54. The zero-order chi connectivity index (χ0) is 19.6. The summed E-state index contributed by atoms with van der Waals surface area (Å²) in [6, 6.07) is 19.4. The van der Waals surface area contributed by atoms with Gasteiger partial charge in [-0.1, -0.05) is 65.7 Å². The second-order valence-electron chi connectivity index (χ2n) is 5.79. The van der Waals surface area contributed by atoms with Crippen molar-refractivity contribution in [3.8, 4) is 0 Å². The molecule has 0 radical (unpaired) electrons. The summed E-state index contributed by atoms with van der Waals surface area (Å²) in [4.78, 5) is 12.6. The van der Waals surface area contributed by atoms with Gasteiger partial charge >= 0.3 is 0 Å². The Morgan fingerprint density at radius 3 is 2.19 bits per heavy atom. The summed E-state index contributed by atoms with van der Waals surface area (Å²) in [6.07, 6.45) is 0. The molecule has 138 valence electrons. The molecule has 0 atom stereocenters. The highest BCUT2D eigenvalue weighted by Crippen LogP contribution is 2.30. The molecule has 7 heteroatoms. The predicted octanol–water partition coefficient (Wildman–Crippen LogP) is 5.05. The zero-order valence-electron chi connectivity index (χ0n) is 14.3. The van der Waals surface area contributed by atoms with Crippen LogP contribution in [-0.4, -0.2) is 21.2 Å². The summed E-state index contributed by atoms with van der Waals surface area (Å²) in [5.41, 5.74) is 1.27. The Hall–Kier alpha value is -2.34. The molecule has 0 aliphatic carbocycles. The van der Waals surface area contributed by atoms with Crippen LogP contribution in [0.2, 0.25) is 10.0 Å². The van der Waals surface area contributed by atoms with E-state index in [0.29, 0.717) is 21.8 Å². The van der Waals surface area contributed by atoms with E-state index < -0.39 is 10.0 Å². The number of rotatable bonds is 5. The minimum absolute atomic E-state index is 0.0332. The van der Waals surface area contributed by atoms with Gasteiger partial charge in [0, 0.05) is 23.2 Å². The van der Waals surface area contributed by atoms with E-state index in [1.165, 1.54) is 31.3 Å². The third kappa shape index (κ3) is 4.00. The van der Waals surface area contributed by atoms with Crippen molar-refractivity contribution >= 4 is 44.7 Å². The number of carbonyl (C=O) groups excluding carboxylic acids is 1. The summed E-state index contributed by atoms with van der Waals surface area (Å²) >= 11 is 11.9. The van der Waals surface area contributed by atoms with Gasteiger partial charge in [-0.25, -0.2) is 8.42 Å².